The maximum atomic E-state index is 12.6. The molecule has 0 spiro atoms. The first-order chi connectivity index (χ1) is 14.5. The van der Waals surface area contributed by atoms with Crippen LogP contribution in [-0.4, -0.2) is 6.73 Å². The van der Waals surface area contributed by atoms with Gasteiger partial charge in [-0.3, -0.25) is 0 Å². The molecule has 0 amide bonds. The van der Waals surface area contributed by atoms with Crippen molar-refractivity contribution in [1.82, 2.24) is 0 Å². The van der Waals surface area contributed by atoms with Crippen LogP contribution in [-0.2, 0) is 19.4 Å². The molecular weight excluding hydrogens is 374 g/mol. The van der Waals surface area contributed by atoms with Gasteiger partial charge in [0.1, 0.15) is 11.3 Å². The van der Waals surface area contributed by atoms with Crippen molar-refractivity contribution in [1.29, 1.82) is 0 Å². The number of rotatable bonds is 2. The van der Waals surface area contributed by atoms with Crippen molar-refractivity contribution in [3.8, 4) is 5.75 Å². The third-order valence-corrected chi connectivity index (χ3v) is 6.70. The van der Waals surface area contributed by atoms with Gasteiger partial charge in [0.05, 0.1) is 0 Å². The zero-order valence-corrected chi connectivity index (χ0v) is 18.3. The molecule has 0 N–H and O–H groups in total. The molecule has 30 heavy (non-hydrogen) atoms. The van der Waals surface area contributed by atoms with Crippen LogP contribution in [0.5, 0.6) is 5.75 Å². The van der Waals surface area contributed by atoms with Crippen LogP contribution in [0.25, 0.3) is 11.0 Å². The van der Waals surface area contributed by atoms with Gasteiger partial charge in [-0.05, 0) is 68.2 Å². The van der Waals surface area contributed by atoms with E-state index in [1.165, 1.54) is 27.9 Å². The molecule has 0 atom stereocenters. The Bertz CT molecular complexity index is 1210. The van der Waals surface area contributed by atoms with Crippen molar-refractivity contribution in [3.63, 3.8) is 0 Å². The summed E-state index contributed by atoms with van der Waals surface area (Å²) in [6.07, 6.45) is 3.98. The minimum Gasteiger partial charge on any atom is -0.472 e. The Morgan fingerprint density at radius 3 is 2.60 bits per heavy atom. The van der Waals surface area contributed by atoms with Gasteiger partial charge in [0.15, 0.2) is 6.73 Å². The normalized spacial score (nSPS) is 15.8. The topological polar surface area (TPSA) is 42.7 Å². The summed E-state index contributed by atoms with van der Waals surface area (Å²) in [5, 5.41) is 1.10. The Balaban J connectivity index is 1.65. The first kappa shape index (κ1) is 19.2. The van der Waals surface area contributed by atoms with E-state index in [9.17, 15) is 4.79 Å². The molecule has 3 aromatic rings. The number of benzene rings is 2. The Morgan fingerprint density at radius 1 is 1.07 bits per heavy atom. The van der Waals surface area contributed by atoms with Crippen LogP contribution in [0, 0.1) is 13.8 Å². The number of hydrogen-bond acceptors (Lipinski definition) is 4. The lowest BCUT2D eigenvalue weighted by Crippen LogP contribution is -2.33. The van der Waals surface area contributed by atoms with Gasteiger partial charge in [-0.15, -0.1) is 0 Å². The summed E-state index contributed by atoms with van der Waals surface area (Å²) in [5.41, 5.74) is 8.62. The fourth-order valence-corrected chi connectivity index (χ4v) is 5.22. The van der Waals surface area contributed by atoms with Gasteiger partial charge in [-0.25, -0.2) is 4.79 Å². The van der Waals surface area contributed by atoms with Crippen LogP contribution in [0.15, 0.2) is 33.5 Å². The highest BCUT2D eigenvalue weighted by Gasteiger charge is 2.27. The molecular formula is C26H29NO3. The Labute approximate surface area is 177 Å². The van der Waals surface area contributed by atoms with Gasteiger partial charge in [0.2, 0.25) is 0 Å². The third kappa shape index (κ3) is 2.92. The average Bonchev–Trinajstić information content (AvgIpc) is 2.74. The van der Waals surface area contributed by atoms with E-state index in [1.54, 1.807) is 0 Å². The van der Waals surface area contributed by atoms with Crippen molar-refractivity contribution in [2.45, 2.75) is 65.8 Å². The number of fused-ring (bicyclic) bond motifs is 4. The van der Waals surface area contributed by atoms with Crippen molar-refractivity contribution in [3.05, 3.63) is 68.1 Å². The second-order valence-electron chi connectivity index (χ2n) is 9.06. The highest BCUT2D eigenvalue weighted by Crippen LogP contribution is 2.40. The molecule has 4 heteroatoms. The first-order valence-electron chi connectivity index (χ1n) is 11.0. The van der Waals surface area contributed by atoms with Gasteiger partial charge >= 0.3 is 5.63 Å². The molecule has 2 aliphatic rings. The summed E-state index contributed by atoms with van der Waals surface area (Å²) in [5.74, 6) is 1.32. The summed E-state index contributed by atoms with van der Waals surface area (Å²) in [6.45, 7) is 9.96. The Kier molecular flexibility index (Phi) is 4.61. The predicted octanol–water partition coefficient (Wildman–Crippen LogP) is 5.77. The summed E-state index contributed by atoms with van der Waals surface area (Å²) in [7, 11) is 0. The summed E-state index contributed by atoms with van der Waals surface area (Å²) >= 11 is 0. The summed E-state index contributed by atoms with van der Waals surface area (Å²) < 4.78 is 12.1. The number of ether oxygens (including phenoxy) is 1. The molecule has 2 heterocycles. The number of nitrogens with zero attached hydrogens (tertiary/aromatic N) is 1. The maximum Gasteiger partial charge on any atom is 0.339 e. The number of aryl methyl sites for hydroxylation is 3. The molecule has 1 aromatic heterocycles. The van der Waals surface area contributed by atoms with E-state index in [0.29, 0.717) is 18.2 Å². The molecule has 0 bridgehead atoms. The minimum atomic E-state index is -0.167. The fourth-order valence-electron chi connectivity index (χ4n) is 5.22. The molecule has 2 aromatic carbocycles. The molecule has 156 valence electrons. The number of hydrogen-bond donors (Lipinski definition) is 0. The van der Waals surface area contributed by atoms with Crippen LogP contribution in [0.1, 0.15) is 66.0 Å². The summed E-state index contributed by atoms with van der Waals surface area (Å²) in [4.78, 5) is 14.9. The molecule has 0 saturated heterocycles. The lowest BCUT2D eigenvalue weighted by atomic mass is 9.89. The monoisotopic (exact) mass is 403 g/mol. The van der Waals surface area contributed by atoms with Gasteiger partial charge in [0, 0.05) is 34.3 Å². The van der Waals surface area contributed by atoms with Crippen LogP contribution in [0.4, 0.5) is 5.69 Å². The van der Waals surface area contributed by atoms with E-state index < -0.39 is 0 Å². The van der Waals surface area contributed by atoms with Crippen molar-refractivity contribution >= 4 is 16.7 Å². The van der Waals surface area contributed by atoms with Crippen LogP contribution in [0.3, 0.4) is 0 Å². The largest absolute Gasteiger partial charge is 0.472 e. The van der Waals surface area contributed by atoms with E-state index >= 15 is 0 Å². The smallest absolute Gasteiger partial charge is 0.339 e. The first-order valence-corrected chi connectivity index (χ1v) is 11.0. The van der Waals surface area contributed by atoms with Crippen molar-refractivity contribution in [2.75, 3.05) is 11.6 Å². The van der Waals surface area contributed by atoms with E-state index in [-0.39, 0.29) is 5.63 Å². The average molecular weight is 404 g/mol. The Morgan fingerprint density at radius 2 is 1.83 bits per heavy atom. The molecule has 5 rings (SSSR count). The molecule has 1 aliphatic heterocycles. The van der Waals surface area contributed by atoms with Crippen molar-refractivity contribution in [2.24, 2.45) is 0 Å². The van der Waals surface area contributed by atoms with Gasteiger partial charge in [-0.2, -0.15) is 0 Å². The minimum absolute atomic E-state index is 0.167. The number of anilines is 1. The van der Waals surface area contributed by atoms with Gasteiger partial charge in [0.25, 0.3) is 0 Å². The molecule has 0 radical (unpaired) electrons. The maximum absolute atomic E-state index is 12.6. The second kappa shape index (κ2) is 7.19. The van der Waals surface area contributed by atoms with E-state index in [1.807, 2.05) is 6.92 Å². The highest BCUT2D eigenvalue weighted by molar-refractivity contribution is 5.87. The van der Waals surface area contributed by atoms with E-state index in [4.69, 9.17) is 9.15 Å². The standard InChI is InChI=1S/C26H29NO3/c1-15(2)19-11-7-8-16(3)23(19)27-13-18-12-22-20-9-5-6-10-21(20)26(28)30-25(22)17(4)24(18)29-14-27/h7-8,11-12,15H,5-6,9-10,13-14H2,1-4H3. The summed E-state index contributed by atoms with van der Waals surface area (Å²) in [6, 6.07) is 8.75. The van der Waals surface area contributed by atoms with Crippen LogP contribution in [0.2, 0.25) is 0 Å². The van der Waals surface area contributed by atoms with Crippen LogP contribution < -0.4 is 15.3 Å². The number of para-hydroxylation sites is 1. The fraction of sp³-hybridized carbons (Fsp3) is 0.423. The second-order valence-corrected chi connectivity index (χ2v) is 9.06. The lowest BCUT2D eigenvalue weighted by molar-refractivity contribution is 0.286. The molecule has 0 saturated carbocycles. The lowest BCUT2D eigenvalue weighted by Gasteiger charge is -2.35. The quantitative estimate of drug-likeness (QED) is 0.510. The van der Waals surface area contributed by atoms with Crippen molar-refractivity contribution < 1.29 is 9.15 Å². The zero-order valence-electron chi connectivity index (χ0n) is 18.3. The SMILES string of the molecule is Cc1cccc(C(C)C)c1N1COc2c(cc3c4c(c(=O)oc3c2C)CCCC4)C1. The van der Waals surface area contributed by atoms with Gasteiger partial charge in [-0.1, -0.05) is 32.0 Å². The molecule has 0 fully saturated rings. The van der Waals surface area contributed by atoms with Crippen LogP contribution >= 0.6 is 0 Å². The zero-order chi connectivity index (χ0) is 21.0. The molecule has 1 aliphatic carbocycles. The predicted molar refractivity (Wildman–Crippen MR) is 121 cm³/mol. The van der Waals surface area contributed by atoms with E-state index in [2.05, 4.69) is 49.9 Å². The van der Waals surface area contributed by atoms with Gasteiger partial charge < -0.3 is 14.1 Å². The molecule has 4 nitrogen and oxygen atoms in total. The third-order valence-electron chi connectivity index (χ3n) is 6.70. The highest BCUT2D eigenvalue weighted by atomic mass is 16.5. The Hall–Kier alpha value is -2.75. The molecule has 0 unspecified atom stereocenters. The van der Waals surface area contributed by atoms with E-state index in [0.717, 1.165) is 54.5 Å².